The summed E-state index contributed by atoms with van der Waals surface area (Å²) in [6.45, 7) is 10.4. The van der Waals surface area contributed by atoms with E-state index in [-0.39, 0.29) is 5.91 Å². The number of benzene rings is 1. The van der Waals surface area contributed by atoms with Gasteiger partial charge in [0.05, 0.1) is 0 Å². The molecule has 3 heterocycles. The van der Waals surface area contributed by atoms with Crippen molar-refractivity contribution in [1.29, 1.82) is 0 Å². The number of anilines is 2. The smallest absolute Gasteiger partial charge is 0.253 e. The van der Waals surface area contributed by atoms with E-state index >= 15 is 0 Å². The molecule has 1 amide bonds. The third-order valence-corrected chi connectivity index (χ3v) is 6.29. The maximum Gasteiger partial charge on any atom is 0.253 e. The summed E-state index contributed by atoms with van der Waals surface area (Å²) < 4.78 is 0.980. The molecule has 0 aliphatic carbocycles. The summed E-state index contributed by atoms with van der Waals surface area (Å²) in [7, 11) is 0. The van der Waals surface area contributed by atoms with Crippen LogP contribution in [0.2, 0.25) is 0 Å². The summed E-state index contributed by atoms with van der Waals surface area (Å²) in [5.74, 6) is 1.93. The zero-order chi connectivity index (χ0) is 20.2. The van der Waals surface area contributed by atoms with Crippen LogP contribution in [0.15, 0.2) is 40.9 Å². The van der Waals surface area contributed by atoms with Crippen molar-refractivity contribution >= 4 is 33.5 Å². The summed E-state index contributed by atoms with van der Waals surface area (Å²) in [6, 6.07) is 11.7. The van der Waals surface area contributed by atoms with E-state index in [1.165, 1.54) is 0 Å². The summed E-state index contributed by atoms with van der Waals surface area (Å²) in [6.07, 6.45) is 0. The first-order valence-electron chi connectivity index (χ1n) is 10.2. The highest BCUT2D eigenvalue weighted by Crippen LogP contribution is 2.19. The maximum atomic E-state index is 12.7. The monoisotopic (exact) mass is 458 g/mol. The van der Waals surface area contributed by atoms with Crippen molar-refractivity contribution in [3.63, 3.8) is 0 Å². The van der Waals surface area contributed by atoms with Crippen LogP contribution in [0.3, 0.4) is 0 Å². The van der Waals surface area contributed by atoms with Crippen LogP contribution in [0.1, 0.15) is 17.3 Å². The molecule has 2 aliphatic heterocycles. The highest BCUT2D eigenvalue weighted by atomic mass is 79.9. The Bertz CT molecular complexity index is 812. The SMILES string of the molecule is CCN1CCN(c2ccc(N3CCN(C(=O)c4ccc(Br)cc4)CC3)nn2)CC1. The number of rotatable bonds is 4. The lowest BCUT2D eigenvalue weighted by atomic mass is 10.2. The maximum absolute atomic E-state index is 12.7. The largest absolute Gasteiger partial charge is 0.353 e. The molecule has 2 aliphatic rings. The number of halogens is 1. The number of amides is 1. The van der Waals surface area contributed by atoms with Gasteiger partial charge in [0.2, 0.25) is 0 Å². The van der Waals surface area contributed by atoms with Crippen molar-refractivity contribution in [2.24, 2.45) is 0 Å². The van der Waals surface area contributed by atoms with Crippen molar-refractivity contribution in [2.45, 2.75) is 6.92 Å². The number of hydrogen-bond acceptors (Lipinski definition) is 6. The number of nitrogens with zero attached hydrogens (tertiary/aromatic N) is 6. The van der Waals surface area contributed by atoms with E-state index in [1.54, 1.807) is 0 Å². The predicted molar refractivity (Wildman–Crippen MR) is 119 cm³/mol. The van der Waals surface area contributed by atoms with E-state index in [2.05, 4.69) is 59.9 Å². The van der Waals surface area contributed by atoms with Gasteiger partial charge in [-0.25, -0.2) is 0 Å². The van der Waals surface area contributed by atoms with Crippen molar-refractivity contribution in [1.82, 2.24) is 20.0 Å². The van der Waals surface area contributed by atoms with Crippen molar-refractivity contribution in [3.05, 3.63) is 46.4 Å². The molecule has 0 bridgehead atoms. The molecule has 2 aromatic rings. The number of aromatic nitrogens is 2. The Labute approximate surface area is 180 Å². The number of carbonyl (C=O) groups excluding carboxylic acids is 1. The highest BCUT2D eigenvalue weighted by Gasteiger charge is 2.23. The molecule has 4 rings (SSSR count). The molecule has 1 aromatic heterocycles. The molecule has 2 saturated heterocycles. The Morgan fingerprint density at radius 1 is 0.828 bits per heavy atom. The zero-order valence-corrected chi connectivity index (χ0v) is 18.4. The van der Waals surface area contributed by atoms with Crippen molar-refractivity contribution in [2.75, 3.05) is 68.7 Å². The van der Waals surface area contributed by atoms with Gasteiger partial charge < -0.3 is 19.6 Å². The molecule has 0 radical (unpaired) electrons. The van der Waals surface area contributed by atoms with Gasteiger partial charge in [0.15, 0.2) is 11.6 Å². The molecule has 7 nitrogen and oxygen atoms in total. The molecule has 0 saturated carbocycles. The molecule has 0 spiro atoms. The normalized spacial score (nSPS) is 18.2. The second-order valence-electron chi connectivity index (χ2n) is 7.46. The molecule has 154 valence electrons. The van der Waals surface area contributed by atoms with Crippen LogP contribution >= 0.6 is 15.9 Å². The molecular formula is C21H27BrN6O. The van der Waals surface area contributed by atoms with Gasteiger partial charge in [-0.2, -0.15) is 0 Å². The summed E-state index contributed by atoms with van der Waals surface area (Å²) in [5, 5.41) is 8.94. The van der Waals surface area contributed by atoms with Crippen molar-refractivity contribution < 1.29 is 4.79 Å². The first kappa shape index (κ1) is 20.1. The number of hydrogen-bond donors (Lipinski definition) is 0. The Morgan fingerprint density at radius 3 is 1.83 bits per heavy atom. The molecule has 2 fully saturated rings. The Morgan fingerprint density at radius 2 is 1.34 bits per heavy atom. The quantitative estimate of drug-likeness (QED) is 0.700. The van der Waals surface area contributed by atoms with Crippen LogP contribution < -0.4 is 9.80 Å². The predicted octanol–water partition coefficient (Wildman–Crippen LogP) is 2.34. The molecule has 0 atom stereocenters. The Hall–Kier alpha value is -2.19. The summed E-state index contributed by atoms with van der Waals surface area (Å²) in [4.78, 5) is 21.5. The first-order chi connectivity index (χ1) is 14.1. The van der Waals surface area contributed by atoms with Gasteiger partial charge in [0, 0.05) is 62.4 Å². The minimum Gasteiger partial charge on any atom is -0.353 e. The van der Waals surface area contributed by atoms with Gasteiger partial charge >= 0.3 is 0 Å². The summed E-state index contributed by atoms with van der Waals surface area (Å²) >= 11 is 3.41. The Kier molecular flexibility index (Phi) is 6.30. The average molecular weight is 459 g/mol. The highest BCUT2D eigenvalue weighted by molar-refractivity contribution is 9.10. The molecule has 1 aromatic carbocycles. The molecule has 8 heteroatoms. The van der Waals surface area contributed by atoms with E-state index in [0.29, 0.717) is 13.1 Å². The molecule has 29 heavy (non-hydrogen) atoms. The molecular weight excluding hydrogens is 432 g/mol. The second kappa shape index (κ2) is 9.09. The van der Waals surface area contributed by atoms with Crippen LogP contribution in [0.25, 0.3) is 0 Å². The molecule has 0 unspecified atom stereocenters. The third kappa shape index (κ3) is 4.70. The standard InChI is InChI=1S/C21H27BrN6O/c1-2-25-9-11-26(12-10-25)19-7-8-20(24-23-19)27-13-15-28(16-14-27)21(29)17-3-5-18(22)6-4-17/h3-8H,2,9-16H2,1H3. The van der Waals surface area contributed by atoms with Crippen LogP contribution in [0.5, 0.6) is 0 Å². The second-order valence-corrected chi connectivity index (χ2v) is 8.37. The van der Waals surface area contributed by atoms with Gasteiger partial charge in [0.25, 0.3) is 5.91 Å². The number of carbonyl (C=O) groups is 1. The lowest BCUT2D eigenvalue weighted by Crippen LogP contribution is -2.49. The minimum absolute atomic E-state index is 0.0878. The van der Waals surface area contributed by atoms with E-state index in [0.717, 1.165) is 67.5 Å². The van der Waals surface area contributed by atoms with Gasteiger partial charge in [0.1, 0.15) is 0 Å². The molecule has 0 N–H and O–H groups in total. The van der Waals surface area contributed by atoms with Gasteiger partial charge in [-0.3, -0.25) is 4.79 Å². The van der Waals surface area contributed by atoms with Gasteiger partial charge in [-0.15, -0.1) is 10.2 Å². The third-order valence-electron chi connectivity index (χ3n) is 5.76. The van der Waals surface area contributed by atoms with Crippen molar-refractivity contribution in [3.8, 4) is 0 Å². The van der Waals surface area contributed by atoms with E-state index in [9.17, 15) is 4.79 Å². The fraction of sp³-hybridized carbons (Fsp3) is 0.476. The van der Waals surface area contributed by atoms with E-state index in [1.807, 2.05) is 29.2 Å². The number of likely N-dealkylation sites (N-methyl/N-ethyl adjacent to an activating group) is 1. The first-order valence-corrected chi connectivity index (χ1v) is 11.0. The zero-order valence-electron chi connectivity index (χ0n) is 16.8. The lowest BCUT2D eigenvalue weighted by molar-refractivity contribution is 0.0746. The fourth-order valence-electron chi connectivity index (χ4n) is 3.86. The number of piperazine rings is 2. The van der Waals surface area contributed by atoms with Gasteiger partial charge in [-0.1, -0.05) is 22.9 Å². The topological polar surface area (TPSA) is 55.8 Å². The minimum atomic E-state index is 0.0878. The summed E-state index contributed by atoms with van der Waals surface area (Å²) in [5.41, 5.74) is 0.731. The van der Waals surface area contributed by atoms with Crippen LogP contribution in [0, 0.1) is 0 Å². The van der Waals surface area contributed by atoms with E-state index < -0.39 is 0 Å². The van der Waals surface area contributed by atoms with Crippen LogP contribution in [-0.4, -0.2) is 84.8 Å². The van der Waals surface area contributed by atoms with Crippen LogP contribution in [-0.2, 0) is 0 Å². The van der Waals surface area contributed by atoms with Gasteiger partial charge in [-0.05, 0) is 42.9 Å². The average Bonchev–Trinajstić information content (AvgIpc) is 2.79. The fourth-order valence-corrected chi connectivity index (χ4v) is 4.13. The van der Waals surface area contributed by atoms with Crippen LogP contribution in [0.4, 0.5) is 11.6 Å². The van der Waals surface area contributed by atoms with E-state index in [4.69, 9.17) is 0 Å². The lowest BCUT2D eigenvalue weighted by Gasteiger charge is -2.36. The Balaban J connectivity index is 1.32.